The molecule has 2 aliphatic rings. The summed E-state index contributed by atoms with van der Waals surface area (Å²) in [4.78, 5) is 30.9. The number of anilines is 2. The van der Waals surface area contributed by atoms with Crippen LogP contribution in [0.5, 0.6) is 0 Å². The topological polar surface area (TPSA) is 85.8 Å². The summed E-state index contributed by atoms with van der Waals surface area (Å²) in [7, 11) is 0. The molecule has 168 valence electrons. The van der Waals surface area contributed by atoms with Gasteiger partial charge in [0.1, 0.15) is 12.0 Å². The molecule has 12 heteroatoms. The molecular weight excluding hydrogens is 450 g/mol. The Bertz CT molecular complexity index is 1080. The molecule has 1 saturated heterocycles. The van der Waals surface area contributed by atoms with Crippen molar-refractivity contribution in [3.63, 3.8) is 0 Å². The van der Waals surface area contributed by atoms with Crippen molar-refractivity contribution in [2.75, 3.05) is 22.5 Å². The van der Waals surface area contributed by atoms with Crippen molar-refractivity contribution in [1.29, 1.82) is 0 Å². The maximum atomic E-state index is 13.8. The number of carbonyl (C=O) groups is 2. The number of para-hydroxylation sites is 1. The fraction of sp³-hybridized carbons (Fsp3) is 0.250. The van der Waals surface area contributed by atoms with Gasteiger partial charge in [0.05, 0.1) is 28.6 Å². The second kappa shape index (κ2) is 8.88. The minimum atomic E-state index is -4.59. The maximum Gasteiger partial charge on any atom is 0.416 e. The third-order valence-corrected chi connectivity index (χ3v) is 5.80. The summed E-state index contributed by atoms with van der Waals surface area (Å²) in [5.74, 6) is -2.45. The van der Waals surface area contributed by atoms with Gasteiger partial charge in [-0.1, -0.05) is 30.0 Å². The fourth-order valence-electron chi connectivity index (χ4n) is 3.31. The Hall–Kier alpha value is -2.96. The van der Waals surface area contributed by atoms with E-state index >= 15 is 0 Å². The predicted octanol–water partition coefficient (Wildman–Crippen LogP) is 2.97. The van der Waals surface area contributed by atoms with Crippen LogP contribution in [0.25, 0.3) is 0 Å². The Morgan fingerprint density at radius 3 is 2.75 bits per heavy atom. The van der Waals surface area contributed by atoms with Crippen LogP contribution in [0, 0.1) is 11.7 Å². The van der Waals surface area contributed by atoms with Crippen LogP contribution in [0.4, 0.5) is 28.9 Å². The van der Waals surface area contributed by atoms with Gasteiger partial charge in [-0.3, -0.25) is 19.9 Å². The highest BCUT2D eigenvalue weighted by Gasteiger charge is 2.43. The van der Waals surface area contributed by atoms with Gasteiger partial charge in [0.2, 0.25) is 11.8 Å². The molecule has 2 aromatic rings. The van der Waals surface area contributed by atoms with Gasteiger partial charge >= 0.3 is 6.18 Å². The average Bonchev–Trinajstić information content (AvgIpc) is 3.22. The second-order valence-electron chi connectivity index (χ2n) is 7.03. The van der Waals surface area contributed by atoms with Crippen molar-refractivity contribution in [2.24, 2.45) is 10.9 Å². The number of aliphatic imine (C=N–C) groups is 1. The van der Waals surface area contributed by atoms with Gasteiger partial charge in [0.25, 0.3) is 0 Å². The first kappa shape index (κ1) is 22.2. The number of carbonyl (C=O) groups excluding carboxylic acids is 2. The Morgan fingerprint density at radius 1 is 1.22 bits per heavy atom. The summed E-state index contributed by atoms with van der Waals surface area (Å²) in [6, 6.07) is 9.98. The number of halogens is 4. The quantitative estimate of drug-likeness (QED) is 0.602. The van der Waals surface area contributed by atoms with Crippen LogP contribution in [-0.4, -0.2) is 35.4 Å². The van der Waals surface area contributed by atoms with E-state index < -0.39 is 41.5 Å². The number of amides is 2. The Balaban J connectivity index is 1.57. The van der Waals surface area contributed by atoms with Gasteiger partial charge in [-0.05, 0) is 30.3 Å². The smallest absolute Gasteiger partial charge is 0.323 e. The SMILES string of the molecule is O=C(CSC1=NC2NNCC2C(=O)N1c1cccc(C(F)(F)F)c1)Nc1ccccc1F. The lowest BCUT2D eigenvalue weighted by atomic mass is 10.0. The van der Waals surface area contributed by atoms with Crippen molar-refractivity contribution < 1.29 is 27.2 Å². The molecule has 0 aliphatic carbocycles. The van der Waals surface area contributed by atoms with Crippen molar-refractivity contribution in [3.05, 3.63) is 59.9 Å². The van der Waals surface area contributed by atoms with Crippen LogP contribution in [0.3, 0.4) is 0 Å². The van der Waals surface area contributed by atoms with Crippen LogP contribution in [0.1, 0.15) is 5.56 Å². The summed E-state index contributed by atoms with van der Waals surface area (Å²) in [6.07, 6.45) is -5.19. The largest absolute Gasteiger partial charge is 0.416 e. The van der Waals surface area contributed by atoms with E-state index in [1.807, 2.05) is 0 Å². The van der Waals surface area contributed by atoms with Gasteiger partial charge in [0.15, 0.2) is 5.17 Å². The predicted molar refractivity (Wildman–Crippen MR) is 112 cm³/mol. The number of rotatable bonds is 4. The molecule has 0 spiro atoms. The van der Waals surface area contributed by atoms with Crippen molar-refractivity contribution >= 4 is 40.1 Å². The first-order valence-electron chi connectivity index (χ1n) is 9.48. The lowest BCUT2D eigenvalue weighted by Crippen LogP contribution is -2.49. The number of alkyl halides is 3. The third-order valence-electron chi connectivity index (χ3n) is 4.84. The molecule has 0 bridgehead atoms. The van der Waals surface area contributed by atoms with E-state index in [1.165, 1.54) is 30.3 Å². The van der Waals surface area contributed by atoms with Crippen LogP contribution in [0.2, 0.25) is 0 Å². The van der Waals surface area contributed by atoms with Crippen LogP contribution in [0.15, 0.2) is 53.5 Å². The molecule has 1 fully saturated rings. The standard InChI is InChI=1S/C20H17F4N5O2S/c21-14-6-1-2-7-15(14)26-16(30)10-32-19-27-17-13(9-25-28-17)18(31)29(19)12-5-3-4-11(8-12)20(22,23)24/h1-8,13,17,25,28H,9-10H2,(H,26,30). The summed E-state index contributed by atoms with van der Waals surface area (Å²) in [5.41, 5.74) is 4.73. The number of nitrogens with zero attached hydrogens (tertiary/aromatic N) is 2. The Kier molecular flexibility index (Phi) is 6.17. The average molecular weight is 467 g/mol. The van der Waals surface area contributed by atoms with Gasteiger partial charge in [-0.15, -0.1) is 0 Å². The number of amidine groups is 1. The van der Waals surface area contributed by atoms with E-state index in [-0.39, 0.29) is 28.8 Å². The Labute approximate surface area is 184 Å². The zero-order chi connectivity index (χ0) is 22.9. The van der Waals surface area contributed by atoms with Crippen molar-refractivity contribution in [3.8, 4) is 0 Å². The van der Waals surface area contributed by atoms with E-state index in [9.17, 15) is 27.2 Å². The highest BCUT2D eigenvalue weighted by molar-refractivity contribution is 8.14. The van der Waals surface area contributed by atoms with Gasteiger partial charge in [0, 0.05) is 6.54 Å². The van der Waals surface area contributed by atoms with Crippen LogP contribution < -0.4 is 21.1 Å². The normalized spacial score (nSPS) is 20.7. The molecule has 7 nitrogen and oxygen atoms in total. The first-order valence-corrected chi connectivity index (χ1v) is 10.5. The molecule has 2 unspecified atom stereocenters. The van der Waals surface area contributed by atoms with Gasteiger partial charge in [-0.25, -0.2) is 14.8 Å². The number of hydrazine groups is 1. The van der Waals surface area contributed by atoms with E-state index in [4.69, 9.17) is 0 Å². The van der Waals surface area contributed by atoms with Crippen molar-refractivity contribution in [2.45, 2.75) is 12.3 Å². The molecule has 0 radical (unpaired) electrons. The molecule has 2 amide bonds. The second-order valence-corrected chi connectivity index (χ2v) is 7.97. The molecule has 4 rings (SSSR count). The molecule has 2 aromatic carbocycles. The minimum Gasteiger partial charge on any atom is -0.323 e. The van der Waals surface area contributed by atoms with Gasteiger partial charge < -0.3 is 5.32 Å². The molecule has 3 N–H and O–H groups in total. The maximum absolute atomic E-state index is 13.8. The van der Waals surface area contributed by atoms with Crippen LogP contribution >= 0.6 is 11.8 Å². The van der Waals surface area contributed by atoms with Crippen molar-refractivity contribution in [1.82, 2.24) is 10.9 Å². The number of nitrogens with one attached hydrogen (secondary N) is 3. The number of hydrogen-bond donors (Lipinski definition) is 3. The molecule has 2 heterocycles. The van der Waals surface area contributed by atoms with Crippen LogP contribution in [-0.2, 0) is 15.8 Å². The van der Waals surface area contributed by atoms with E-state index in [2.05, 4.69) is 21.2 Å². The fourth-order valence-corrected chi connectivity index (χ4v) is 4.15. The summed E-state index contributed by atoms with van der Waals surface area (Å²) in [5, 5.41) is 2.49. The zero-order valence-corrected chi connectivity index (χ0v) is 17.1. The minimum absolute atomic E-state index is 0.00350. The lowest BCUT2D eigenvalue weighted by molar-refractivity contribution is -0.137. The molecule has 0 aromatic heterocycles. The molecule has 2 atom stereocenters. The zero-order valence-electron chi connectivity index (χ0n) is 16.3. The number of benzene rings is 2. The van der Waals surface area contributed by atoms with E-state index in [0.29, 0.717) is 0 Å². The van der Waals surface area contributed by atoms with E-state index in [0.717, 1.165) is 28.8 Å². The first-order chi connectivity index (χ1) is 15.2. The number of hydrogen-bond acceptors (Lipinski definition) is 6. The molecular formula is C20H17F4N5O2S. The van der Waals surface area contributed by atoms with E-state index in [1.54, 1.807) is 6.07 Å². The molecule has 0 saturated carbocycles. The molecule has 2 aliphatic heterocycles. The monoisotopic (exact) mass is 467 g/mol. The third kappa shape index (κ3) is 4.61. The highest BCUT2D eigenvalue weighted by atomic mass is 32.2. The van der Waals surface area contributed by atoms with Gasteiger partial charge in [-0.2, -0.15) is 13.2 Å². The summed E-state index contributed by atoms with van der Waals surface area (Å²) >= 11 is 0.871. The summed E-state index contributed by atoms with van der Waals surface area (Å²) in [6.45, 7) is 0.258. The lowest BCUT2D eigenvalue weighted by Gasteiger charge is -2.32. The molecule has 32 heavy (non-hydrogen) atoms. The number of thioether (sulfide) groups is 1. The highest BCUT2D eigenvalue weighted by Crippen LogP contribution is 2.34. The Morgan fingerprint density at radius 2 is 2.00 bits per heavy atom. The summed E-state index contributed by atoms with van der Waals surface area (Å²) < 4.78 is 53.3. The number of fused-ring (bicyclic) bond motifs is 1.